The Labute approximate surface area is 178 Å². The van der Waals surface area contributed by atoms with Crippen molar-refractivity contribution in [1.29, 1.82) is 0 Å². The molecule has 3 aromatic rings. The van der Waals surface area contributed by atoms with E-state index in [-0.39, 0.29) is 17.3 Å². The van der Waals surface area contributed by atoms with E-state index in [1.165, 1.54) is 35.6 Å². The van der Waals surface area contributed by atoms with Crippen LogP contribution in [0.25, 0.3) is 0 Å². The summed E-state index contributed by atoms with van der Waals surface area (Å²) in [6.45, 7) is 1.16. The number of halogens is 1. The average molecular weight is 449 g/mol. The third-order valence-electron chi connectivity index (χ3n) is 3.60. The van der Waals surface area contributed by atoms with Crippen molar-refractivity contribution in [3.63, 3.8) is 0 Å². The number of hydrogen-bond donors (Lipinski definition) is 2. The lowest BCUT2D eigenvalue weighted by atomic mass is 10.3. The molecule has 8 nitrogen and oxygen atoms in total. The molecule has 156 valence electrons. The highest BCUT2D eigenvalue weighted by Crippen LogP contribution is 2.21. The van der Waals surface area contributed by atoms with Gasteiger partial charge in [0.1, 0.15) is 28.1 Å². The van der Waals surface area contributed by atoms with Gasteiger partial charge in [-0.05, 0) is 42.6 Å². The fourth-order valence-electron chi connectivity index (χ4n) is 2.21. The second-order valence-corrected chi connectivity index (χ2v) is 7.85. The van der Waals surface area contributed by atoms with Gasteiger partial charge in [-0.1, -0.05) is 6.07 Å². The molecule has 1 aromatic carbocycles. The molecule has 3 rings (SSSR count). The van der Waals surface area contributed by atoms with Gasteiger partial charge in [-0.15, -0.1) is 22.7 Å². The first-order chi connectivity index (χ1) is 14.4. The van der Waals surface area contributed by atoms with Crippen LogP contribution in [0.4, 0.5) is 4.39 Å². The monoisotopic (exact) mass is 449 g/mol. The molecule has 2 amide bonds. The standard InChI is InChI=1S/C19H16FN3O5S2/c1-11-17(30-16(21-11)10-27-13-6-4-12(20)5-7-13)19(26)28-9-15(24)22-23-18(25)14-3-2-8-29-14/h2-8H,9-10H2,1H3,(H,22,24)(H,23,25). The number of amides is 2. The van der Waals surface area contributed by atoms with Crippen LogP contribution in [0.15, 0.2) is 41.8 Å². The fourth-order valence-corrected chi connectivity index (χ4v) is 3.70. The Balaban J connectivity index is 1.46. The maximum absolute atomic E-state index is 12.9. The smallest absolute Gasteiger partial charge is 0.350 e. The predicted octanol–water partition coefficient (Wildman–Crippen LogP) is 2.85. The first-order valence-corrected chi connectivity index (χ1v) is 10.3. The number of hydrazine groups is 1. The van der Waals surface area contributed by atoms with Crippen LogP contribution in [0.1, 0.15) is 30.0 Å². The Kier molecular flexibility index (Phi) is 7.09. The topological polar surface area (TPSA) is 107 Å². The Morgan fingerprint density at radius 3 is 2.60 bits per heavy atom. The number of benzene rings is 1. The zero-order valence-corrected chi connectivity index (χ0v) is 17.3. The normalized spacial score (nSPS) is 10.3. The van der Waals surface area contributed by atoms with Crippen LogP contribution in [0, 0.1) is 12.7 Å². The Morgan fingerprint density at radius 2 is 1.90 bits per heavy atom. The van der Waals surface area contributed by atoms with E-state index in [4.69, 9.17) is 9.47 Å². The number of ether oxygens (including phenoxy) is 2. The van der Waals surface area contributed by atoms with E-state index < -0.39 is 24.4 Å². The second-order valence-electron chi connectivity index (χ2n) is 5.82. The molecule has 2 aromatic heterocycles. The lowest BCUT2D eigenvalue weighted by Crippen LogP contribution is -2.43. The van der Waals surface area contributed by atoms with Crippen molar-refractivity contribution in [1.82, 2.24) is 15.8 Å². The van der Waals surface area contributed by atoms with Crippen molar-refractivity contribution in [2.75, 3.05) is 6.61 Å². The third-order valence-corrected chi connectivity index (χ3v) is 5.58. The molecule has 2 heterocycles. The Hall–Kier alpha value is -3.31. The summed E-state index contributed by atoms with van der Waals surface area (Å²) in [6.07, 6.45) is 0. The predicted molar refractivity (Wildman–Crippen MR) is 108 cm³/mol. The summed E-state index contributed by atoms with van der Waals surface area (Å²) < 4.78 is 23.4. The zero-order chi connectivity index (χ0) is 21.5. The lowest BCUT2D eigenvalue weighted by Gasteiger charge is -2.06. The van der Waals surface area contributed by atoms with Crippen LogP contribution in [0.5, 0.6) is 5.75 Å². The summed E-state index contributed by atoms with van der Waals surface area (Å²) in [5.41, 5.74) is 4.84. The number of carbonyl (C=O) groups is 3. The van der Waals surface area contributed by atoms with Gasteiger partial charge in [0, 0.05) is 0 Å². The summed E-state index contributed by atoms with van der Waals surface area (Å²) in [5.74, 6) is -1.76. The largest absolute Gasteiger partial charge is 0.486 e. The summed E-state index contributed by atoms with van der Waals surface area (Å²) in [6, 6.07) is 8.84. The van der Waals surface area contributed by atoms with Crippen molar-refractivity contribution >= 4 is 40.5 Å². The summed E-state index contributed by atoms with van der Waals surface area (Å²) in [7, 11) is 0. The molecule has 30 heavy (non-hydrogen) atoms. The summed E-state index contributed by atoms with van der Waals surface area (Å²) in [5, 5.41) is 2.26. The number of nitrogens with one attached hydrogen (secondary N) is 2. The van der Waals surface area contributed by atoms with E-state index in [9.17, 15) is 18.8 Å². The SMILES string of the molecule is Cc1nc(COc2ccc(F)cc2)sc1C(=O)OCC(=O)NNC(=O)c1cccs1. The molecule has 0 aliphatic rings. The number of thiophene rings is 1. The molecular weight excluding hydrogens is 433 g/mol. The maximum atomic E-state index is 12.9. The zero-order valence-electron chi connectivity index (χ0n) is 15.6. The second kappa shape index (κ2) is 9.94. The van der Waals surface area contributed by atoms with Crippen LogP contribution in [-0.2, 0) is 16.1 Å². The van der Waals surface area contributed by atoms with Gasteiger partial charge >= 0.3 is 5.97 Å². The van der Waals surface area contributed by atoms with Gasteiger partial charge in [-0.2, -0.15) is 0 Å². The van der Waals surface area contributed by atoms with Gasteiger partial charge in [-0.3, -0.25) is 20.4 Å². The van der Waals surface area contributed by atoms with E-state index in [0.717, 1.165) is 11.3 Å². The molecule has 2 N–H and O–H groups in total. The highest BCUT2D eigenvalue weighted by atomic mass is 32.1. The van der Waals surface area contributed by atoms with Crippen molar-refractivity contribution in [3.05, 3.63) is 68.1 Å². The van der Waals surface area contributed by atoms with Gasteiger partial charge < -0.3 is 9.47 Å². The quantitative estimate of drug-likeness (QED) is 0.424. The van der Waals surface area contributed by atoms with Gasteiger partial charge in [-0.25, -0.2) is 14.2 Å². The molecule has 0 spiro atoms. The number of esters is 1. The summed E-state index contributed by atoms with van der Waals surface area (Å²) >= 11 is 2.30. The van der Waals surface area contributed by atoms with Crippen LogP contribution >= 0.6 is 22.7 Å². The summed E-state index contributed by atoms with van der Waals surface area (Å²) in [4.78, 5) is 40.6. The van der Waals surface area contributed by atoms with E-state index in [1.54, 1.807) is 24.4 Å². The highest BCUT2D eigenvalue weighted by molar-refractivity contribution is 7.13. The van der Waals surface area contributed by atoms with E-state index in [2.05, 4.69) is 15.8 Å². The molecule has 0 saturated heterocycles. The minimum Gasteiger partial charge on any atom is -0.486 e. The minimum atomic E-state index is -0.710. The van der Waals surface area contributed by atoms with Crippen molar-refractivity contribution in [2.24, 2.45) is 0 Å². The number of aryl methyl sites for hydroxylation is 1. The van der Waals surface area contributed by atoms with Crippen LogP contribution in [0.3, 0.4) is 0 Å². The van der Waals surface area contributed by atoms with Crippen LogP contribution in [-0.4, -0.2) is 29.4 Å². The van der Waals surface area contributed by atoms with E-state index in [0.29, 0.717) is 21.3 Å². The molecule has 0 atom stereocenters. The molecule has 0 aliphatic heterocycles. The number of hydrogen-bond acceptors (Lipinski definition) is 8. The first-order valence-electron chi connectivity index (χ1n) is 8.57. The number of carbonyl (C=O) groups excluding carboxylic acids is 3. The van der Waals surface area contributed by atoms with Gasteiger partial charge in [0.2, 0.25) is 0 Å². The molecule has 0 radical (unpaired) electrons. The highest BCUT2D eigenvalue weighted by Gasteiger charge is 2.18. The lowest BCUT2D eigenvalue weighted by molar-refractivity contribution is -0.125. The molecule has 0 aliphatic carbocycles. The molecule has 0 bridgehead atoms. The minimum absolute atomic E-state index is 0.0969. The van der Waals surface area contributed by atoms with E-state index >= 15 is 0 Å². The van der Waals surface area contributed by atoms with Crippen LogP contribution < -0.4 is 15.6 Å². The molecular formula is C19H16FN3O5S2. The van der Waals surface area contributed by atoms with Crippen molar-refractivity contribution in [2.45, 2.75) is 13.5 Å². The Bertz CT molecular complexity index is 1040. The number of aromatic nitrogens is 1. The molecule has 0 unspecified atom stereocenters. The number of nitrogens with zero attached hydrogens (tertiary/aromatic N) is 1. The van der Waals surface area contributed by atoms with Crippen molar-refractivity contribution < 1.29 is 28.2 Å². The van der Waals surface area contributed by atoms with E-state index in [1.807, 2.05) is 0 Å². The fraction of sp³-hybridized carbons (Fsp3) is 0.158. The van der Waals surface area contributed by atoms with Gasteiger partial charge in [0.25, 0.3) is 11.8 Å². The van der Waals surface area contributed by atoms with Gasteiger partial charge in [0.15, 0.2) is 6.61 Å². The van der Waals surface area contributed by atoms with Crippen LogP contribution in [0.2, 0.25) is 0 Å². The molecule has 0 saturated carbocycles. The van der Waals surface area contributed by atoms with Crippen molar-refractivity contribution in [3.8, 4) is 5.75 Å². The average Bonchev–Trinajstić information content (AvgIpc) is 3.40. The first kappa shape index (κ1) is 21.4. The van der Waals surface area contributed by atoms with Gasteiger partial charge in [0.05, 0.1) is 10.6 Å². The molecule has 0 fully saturated rings. The molecule has 11 heteroatoms. The maximum Gasteiger partial charge on any atom is 0.350 e. The number of rotatable bonds is 7. The third kappa shape index (κ3) is 5.84. The Morgan fingerprint density at radius 1 is 1.13 bits per heavy atom. The number of thiazole rings is 1.